The lowest BCUT2D eigenvalue weighted by atomic mass is 10.1. The molecule has 0 atom stereocenters. The number of aromatic nitrogens is 2. The molecule has 0 spiro atoms. The fourth-order valence-corrected chi connectivity index (χ4v) is 3.62. The van der Waals surface area contributed by atoms with E-state index in [2.05, 4.69) is 20.1 Å². The Kier molecular flexibility index (Phi) is 6.65. The Bertz CT molecular complexity index is 1190. The highest BCUT2D eigenvalue weighted by Gasteiger charge is 2.16. The van der Waals surface area contributed by atoms with Gasteiger partial charge in [0.2, 0.25) is 0 Å². The summed E-state index contributed by atoms with van der Waals surface area (Å²) >= 11 is 0. The second-order valence-electron chi connectivity index (χ2n) is 6.14. The molecule has 1 heterocycles. The summed E-state index contributed by atoms with van der Waals surface area (Å²) in [6.07, 6.45) is 2.88. The van der Waals surface area contributed by atoms with Crippen LogP contribution >= 0.6 is 0 Å². The van der Waals surface area contributed by atoms with Crippen LogP contribution in [0.25, 0.3) is 11.3 Å². The summed E-state index contributed by atoms with van der Waals surface area (Å²) < 4.78 is 46.0. The van der Waals surface area contributed by atoms with Crippen molar-refractivity contribution in [3.63, 3.8) is 0 Å². The molecule has 0 aliphatic rings. The third kappa shape index (κ3) is 4.72. The number of hydrogen-bond acceptors (Lipinski definition) is 8. The molecule has 0 aliphatic heterocycles. The Labute approximate surface area is 179 Å². The summed E-state index contributed by atoms with van der Waals surface area (Å²) in [5.74, 6) is 1.85. The molecule has 0 radical (unpaired) electrons. The van der Waals surface area contributed by atoms with Gasteiger partial charge in [-0.15, -0.1) is 0 Å². The van der Waals surface area contributed by atoms with Crippen LogP contribution in [0.15, 0.2) is 52.6 Å². The molecule has 164 valence electrons. The van der Waals surface area contributed by atoms with Gasteiger partial charge in [-0.1, -0.05) is 0 Å². The Morgan fingerprint density at radius 3 is 2.16 bits per heavy atom. The fourth-order valence-electron chi connectivity index (χ4n) is 2.82. The average Bonchev–Trinajstić information content (AvgIpc) is 3.26. The van der Waals surface area contributed by atoms with Crippen LogP contribution in [0, 0.1) is 0 Å². The number of hydrogen-bond donors (Lipinski definition) is 2. The van der Waals surface area contributed by atoms with Crippen molar-refractivity contribution in [1.82, 2.24) is 15.0 Å². The second-order valence-corrected chi connectivity index (χ2v) is 7.80. The number of nitrogens with one attached hydrogen (secondary N) is 2. The first-order valence-electron chi connectivity index (χ1n) is 8.96. The Hall–Kier alpha value is -3.73. The lowest BCUT2D eigenvalue weighted by Crippen LogP contribution is -2.18. The number of H-pyrrole nitrogens is 1. The molecule has 0 amide bonds. The van der Waals surface area contributed by atoms with Crippen molar-refractivity contribution in [3.05, 3.63) is 48.2 Å². The minimum absolute atomic E-state index is 0.0189. The van der Waals surface area contributed by atoms with Gasteiger partial charge < -0.3 is 18.9 Å². The molecular formula is C20H22N4O6S. The van der Waals surface area contributed by atoms with E-state index in [9.17, 15) is 8.42 Å². The van der Waals surface area contributed by atoms with Gasteiger partial charge in [-0.25, -0.2) is 4.83 Å². The normalized spacial score (nSPS) is 11.4. The third-order valence-electron chi connectivity index (χ3n) is 4.38. The van der Waals surface area contributed by atoms with Crippen molar-refractivity contribution in [2.45, 2.75) is 4.90 Å². The van der Waals surface area contributed by atoms with Crippen LogP contribution in [-0.4, -0.2) is 53.3 Å². The third-order valence-corrected chi connectivity index (χ3v) is 5.60. The molecule has 1 aromatic heterocycles. The molecule has 0 saturated carbocycles. The summed E-state index contributed by atoms with van der Waals surface area (Å²) in [6.45, 7) is 0. The summed E-state index contributed by atoms with van der Waals surface area (Å²) in [4.78, 5) is 2.16. The lowest BCUT2D eigenvalue weighted by Gasteiger charge is -2.10. The smallest absolute Gasteiger partial charge is 0.276 e. The van der Waals surface area contributed by atoms with Crippen LogP contribution in [0.4, 0.5) is 0 Å². The number of hydrazone groups is 1. The maximum Gasteiger partial charge on any atom is 0.276 e. The minimum Gasteiger partial charge on any atom is -0.493 e. The zero-order chi connectivity index (χ0) is 22.4. The molecule has 2 aromatic carbocycles. The maximum atomic E-state index is 12.6. The van der Waals surface area contributed by atoms with E-state index < -0.39 is 10.0 Å². The summed E-state index contributed by atoms with van der Waals surface area (Å²) in [6, 6.07) is 9.60. The zero-order valence-corrected chi connectivity index (χ0v) is 18.2. The van der Waals surface area contributed by atoms with Crippen LogP contribution in [0.5, 0.6) is 23.0 Å². The van der Waals surface area contributed by atoms with Crippen molar-refractivity contribution in [2.24, 2.45) is 5.10 Å². The van der Waals surface area contributed by atoms with Gasteiger partial charge in [-0.3, -0.25) is 5.10 Å². The number of benzene rings is 2. The highest BCUT2D eigenvalue weighted by atomic mass is 32.2. The zero-order valence-electron chi connectivity index (χ0n) is 17.4. The molecule has 0 unspecified atom stereocenters. The molecule has 2 N–H and O–H groups in total. The summed E-state index contributed by atoms with van der Waals surface area (Å²) in [7, 11) is 2.07. The molecule has 0 aliphatic carbocycles. The van der Waals surface area contributed by atoms with Crippen LogP contribution in [0.3, 0.4) is 0 Å². The highest BCUT2D eigenvalue weighted by molar-refractivity contribution is 7.89. The van der Waals surface area contributed by atoms with Gasteiger partial charge in [0.15, 0.2) is 23.0 Å². The fraction of sp³-hybridized carbons (Fsp3) is 0.200. The van der Waals surface area contributed by atoms with Gasteiger partial charge in [0.1, 0.15) is 0 Å². The maximum absolute atomic E-state index is 12.6. The number of ether oxygens (including phenoxy) is 4. The van der Waals surface area contributed by atoms with Crippen LogP contribution in [0.1, 0.15) is 5.56 Å². The topological polar surface area (TPSA) is 124 Å². The predicted octanol–water partition coefficient (Wildman–Crippen LogP) is 2.42. The predicted molar refractivity (Wildman–Crippen MR) is 115 cm³/mol. The van der Waals surface area contributed by atoms with Crippen molar-refractivity contribution < 1.29 is 27.4 Å². The lowest BCUT2D eigenvalue weighted by molar-refractivity contribution is 0.354. The number of nitrogens with zero attached hydrogens (tertiary/aromatic N) is 2. The van der Waals surface area contributed by atoms with E-state index in [4.69, 9.17) is 18.9 Å². The number of aromatic amines is 1. The molecule has 11 heteroatoms. The van der Waals surface area contributed by atoms with Crippen molar-refractivity contribution >= 4 is 16.2 Å². The van der Waals surface area contributed by atoms with E-state index in [1.54, 1.807) is 26.4 Å². The summed E-state index contributed by atoms with van der Waals surface area (Å²) in [5.41, 5.74) is 1.97. The second kappa shape index (κ2) is 9.39. The number of methoxy groups -OCH3 is 4. The van der Waals surface area contributed by atoms with Gasteiger partial charge in [0.25, 0.3) is 10.0 Å². The van der Waals surface area contributed by atoms with Crippen LogP contribution < -0.4 is 23.8 Å². The van der Waals surface area contributed by atoms with Gasteiger partial charge in [0.05, 0.1) is 51.4 Å². The Morgan fingerprint density at radius 2 is 1.52 bits per heavy atom. The summed E-state index contributed by atoms with van der Waals surface area (Å²) in [5, 5.41) is 10.8. The average molecular weight is 446 g/mol. The minimum atomic E-state index is -3.92. The van der Waals surface area contributed by atoms with E-state index in [-0.39, 0.29) is 4.90 Å². The van der Waals surface area contributed by atoms with Crippen molar-refractivity contribution in [1.29, 1.82) is 0 Å². The monoisotopic (exact) mass is 446 g/mol. The molecule has 31 heavy (non-hydrogen) atoms. The van der Waals surface area contributed by atoms with Crippen molar-refractivity contribution in [3.8, 4) is 34.3 Å². The SMILES string of the molecule is COc1ccc(-c2[nH]ncc2/C=N\NS(=O)(=O)c2ccc(OC)c(OC)c2)cc1OC. The van der Waals surface area contributed by atoms with E-state index >= 15 is 0 Å². The van der Waals surface area contributed by atoms with E-state index in [1.807, 2.05) is 6.07 Å². The van der Waals surface area contributed by atoms with Crippen molar-refractivity contribution in [2.75, 3.05) is 28.4 Å². The first-order valence-corrected chi connectivity index (χ1v) is 10.4. The molecule has 0 fully saturated rings. The van der Waals surface area contributed by atoms with Gasteiger partial charge in [-0.2, -0.15) is 18.6 Å². The quantitative estimate of drug-likeness (QED) is 0.382. The number of sulfonamides is 1. The molecule has 0 bridgehead atoms. The molecular weight excluding hydrogens is 424 g/mol. The van der Waals surface area contributed by atoms with Gasteiger partial charge >= 0.3 is 0 Å². The standard InChI is InChI=1S/C20H22N4O6S/c1-27-16-7-5-13(9-18(16)29-3)20-14(11-21-23-20)12-22-24-31(25,26)15-6-8-17(28-2)19(10-15)30-4/h5-12,24H,1-4H3,(H,21,23)/b22-12-. The first kappa shape index (κ1) is 22.0. The molecule has 3 aromatic rings. The molecule has 0 saturated heterocycles. The largest absolute Gasteiger partial charge is 0.493 e. The Balaban J connectivity index is 1.82. The number of rotatable bonds is 9. The van der Waals surface area contributed by atoms with E-state index in [1.165, 1.54) is 44.8 Å². The Morgan fingerprint density at radius 1 is 0.903 bits per heavy atom. The highest BCUT2D eigenvalue weighted by Crippen LogP contribution is 2.32. The van der Waals surface area contributed by atoms with Crippen LogP contribution in [0.2, 0.25) is 0 Å². The van der Waals surface area contributed by atoms with Crippen LogP contribution in [-0.2, 0) is 10.0 Å². The van der Waals surface area contributed by atoms with E-state index in [0.29, 0.717) is 34.3 Å². The van der Waals surface area contributed by atoms with E-state index in [0.717, 1.165) is 5.56 Å². The first-order chi connectivity index (χ1) is 14.9. The molecule has 10 nitrogen and oxygen atoms in total. The molecule has 3 rings (SSSR count). The van der Waals surface area contributed by atoms with Gasteiger partial charge in [0, 0.05) is 17.2 Å². The van der Waals surface area contributed by atoms with Gasteiger partial charge in [-0.05, 0) is 30.3 Å².